The lowest BCUT2D eigenvalue weighted by molar-refractivity contribution is -0.139. The first-order valence-corrected chi connectivity index (χ1v) is 11.0. The third-order valence-corrected chi connectivity index (χ3v) is 6.30. The van der Waals surface area contributed by atoms with Gasteiger partial charge in [-0.05, 0) is 30.7 Å². The fourth-order valence-electron chi connectivity index (χ4n) is 3.02. The highest BCUT2D eigenvalue weighted by Gasteiger charge is 2.35. The van der Waals surface area contributed by atoms with E-state index in [-0.39, 0.29) is 27.8 Å². The van der Waals surface area contributed by atoms with Crippen LogP contribution in [0.2, 0.25) is 5.02 Å². The molecule has 0 saturated carbocycles. The van der Waals surface area contributed by atoms with Gasteiger partial charge in [0.1, 0.15) is 5.82 Å². The van der Waals surface area contributed by atoms with Crippen molar-refractivity contribution < 1.29 is 27.1 Å². The zero-order valence-corrected chi connectivity index (χ0v) is 17.4. The van der Waals surface area contributed by atoms with Gasteiger partial charge in [-0.25, -0.2) is 22.4 Å². The molecule has 0 saturated heterocycles. The van der Waals surface area contributed by atoms with Gasteiger partial charge in [0.05, 0.1) is 33.9 Å². The predicted octanol–water partition coefficient (Wildman–Crippen LogP) is 3.12. The molecule has 0 aliphatic carbocycles. The minimum absolute atomic E-state index is 0.0283. The molecule has 1 aliphatic heterocycles. The second kappa shape index (κ2) is 8.85. The van der Waals surface area contributed by atoms with E-state index in [0.717, 1.165) is 18.2 Å². The van der Waals surface area contributed by atoms with Gasteiger partial charge < -0.3 is 15.4 Å². The number of urea groups is 1. The maximum absolute atomic E-state index is 13.4. The van der Waals surface area contributed by atoms with Crippen LogP contribution >= 0.6 is 11.6 Å². The molecule has 2 N–H and O–H groups in total. The van der Waals surface area contributed by atoms with Crippen molar-refractivity contribution in [1.82, 2.24) is 10.6 Å². The summed E-state index contributed by atoms with van der Waals surface area (Å²) < 4.78 is 44.3. The standard InChI is InChI=1S/C20H18ClFN2O5S/c1-2-29-19(25)17-16(11-30(27,28)13-8-9-15(22)14(21)10-13)23-20(26)24-18(17)12-6-4-3-5-7-12/h3-10,18H,2,11H2,1H3,(H2,23,24,26)/t18-/m0/s1. The SMILES string of the molecule is CCOC(=O)C1=C(CS(=O)(=O)c2ccc(F)c(Cl)c2)NC(=O)N[C@H]1c1ccccc1. The minimum atomic E-state index is -4.07. The molecular formula is C20H18ClFN2O5S. The smallest absolute Gasteiger partial charge is 0.338 e. The van der Waals surface area contributed by atoms with Gasteiger partial charge in [-0.3, -0.25) is 0 Å². The Bertz CT molecular complexity index is 1120. The molecule has 2 aromatic carbocycles. The highest BCUT2D eigenvalue weighted by atomic mass is 35.5. The van der Waals surface area contributed by atoms with Gasteiger partial charge in [0.15, 0.2) is 9.84 Å². The number of amides is 2. The molecule has 2 amide bonds. The monoisotopic (exact) mass is 452 g/mol. The van der Waals surface area contributed by atoms with Gasteiger partial charge >= 0.3 is 12.0 Å². The molecule has 30 heavy (non-hydrogen) atoms. The second-order valence-electron chi connectivity index (χ2n) is 6.39. The van der Waals surface area contributed by atoms with E-state index in [0.29, 0.717) is 5.56 Å². The Morgan fingerprint density at radius 2 is 1.90 bits per heavy atom. The van der Waals surface area contributed by atoms with E-state index in [2.05, 4.69) is 10.6 Å². The topological polar surface area (TPSA) is 102 Å². The number of esters is 1. The van der Waals surface area contributed by atoms with E-state index in [1.54, 1.807) is 37.3 Å². The average Bonchev–Trinajstić information content (AvgIpc) is 2.70. The molecule has 0 spiro atoms. The van der Waals surface area contributed by atoms with Gasteiger partial charge in [-0.2, -0.15) is 0 Å². The number of ether oxygens (including phenoxy) is 1. The van der Waals surface area contributed by atoms with Crippen LogP contribution in [0.15, 0.2) is 64.7 Å². The quantitative estimate of drug-likeness (QED) is 0.518. The number of sulfone groups is 1. The van der Waals surface area contributed by atoms with Crippen LogP contribution < -0.4 is 10.6 Å². The highest BCUT2D eigenvalue weighted by molar-refractivity contribution is 7.91. The minimum Gasteiger partial charge on any atom is -0.463 e. The number of hydrogen-bond acceptors (Lipinski definition) is 5. The van der Waals surface area contributed by atoms with Crippen LogP contribution in [0.4, 0.5) is 9.18 Å². The van der Waals surface area contributed by atoms with Crippen molar-refractivity contribution in [2.75, 3.05) is 12.4 Å². The van der Waals surface area contributed by atoms with E-state index < -0.39 is 39.4 Å². The maximum atomic E-state index is 13.4. The van der Waals surface area contributed by atoms with Crippen molar-refractivity contribution in [2.24, 2.45) is 0 Å². The normalized spacial score (nSPS) is 16.6. The highest BCUT2D eigenvalue weighted by Crippen LogP contribution is 2.29. The van der Waals surface area contributed by atoms with E-state index in [4.69, 9.17) is 16.3 Å². The Hall–Kier alpha value is -2.91. The lowest BCUT2D eigenvalue weighted by Gasteiger charge is -2.29. The Labute approximate surface area is 177 Å². The molecule has 1 aliphatic rings. The summed E-state index contributed by atoms with van der Waals surface area (Å²) in [6, 6.07) is 10.0. The molecule has 0 bridgehead atoms. The zero-order chi connectivity index (χ0) is 21.9. The van der Waals surface area contributed by atoms with Crippen molar-refractivity contribution in [3.63, 3.8) is 0 Å². The van der Waals surface area contributed by atoms with Crippen LogP contribution in [0.1, 0.15) is 18.5 Å². The molecule has 3 rings (SSSR count). The van der Waals surface area contributed by atoms with Crippen LogP contribution in [0.3, 0.4) is 0 Å². The van der Waals surface area contributed by atoms with E-state index >= 15 is 0 Å². The average molecular weight is 453 g/mol. The largest absolute Gasteiger partial charge is 0.463 e. The van der Waals surface area contributed by atoms with Crippen molar-refractivity contribution in [1.29, 1.82) is 0 Å². The second-order valence-corrected chi connectivity index (χ2v) is 8.79. The van der Waals surface area contributed by atoms with Crippen molar-refractivity contribution in [2.45, 2.75) is 17.9 Å². The van der Waals surface area contributed by atoms with E-state index in [1.807, 2.05) is 0 Å². The molecule has 0 fully saturated rings. The summed E-state index contributed by atoms with van der Waals surface area (Å²) in [5, 5.41) is 4.67. The Morgan fingerprint density at radius 3 is 2.53 bits per heavy atom. The van der Waals surface area contributed by atoms with Gasteiger partial charge in [-0.1, -0.05) is 41.9 Å². The van der Waals surface area contributed by atoms with Gasteiger partial charge in [0, 0.05) is 5.70 Å². The number of benzene rings is 2. The fraction of sp³-hybridized carbons (Fsp3) is 0.200. The summed E-state index contributed by atoms with van der Waals surface area (Å²) in [5.41, 5.74) is 0.432. The summed E-state index contributed by atoms with van der Waals surface area (Å²) in [6.45, 7) is 1.67. The van der Waals surface area contributed by atoms with Gasteiger partial charge in [0.25, 0.3) is 0 Å². The molecular weight excluding hydrogens is 435 g/mol. The number of carbonyl (C=O) groups is 2. The maximum Gasteiger partial charge on any atom is 0.338 e. The number of halogens is 2. The molecule has 0 unspecified atom stereocenters. The lowest BCUT2D eigenvalue weighted by atomic mass is 9.95. The number of nitrogens with one attached hydrogen (secondary N) is 2. The molecule has 1 atom stereocenters. The van der Waals surface area contributed by atoms with Crippen LogP contribution in [-0.2, 0) is 19.4 Å². The van der Waals surface area contributed by atoms with Gasteiger partial charge in [0.2, 0.25) is 0 Å². The lowest BCUT2D eigenvalue weighted by Crippen LogP contribution is -2.47. The predicted molar refractivity (Wildman–Crippen MR) is 108 cm³/mol. The first kappa shape index (κ1) is 21.8. The first-order chi connectivity index (χ1) is 14.2. The summed E-state index contributed by atoms with van der Waals surface area (Å²) in [7, 11) is -4.07. The van der Waals surface area contributed by atoms with Crippen molar-refractivity contribution >= 4 is 33.4 Å². The Kier molecular flexibility index (Phi) is 6.42. The molecule has 158 valence electrons. The zero-order valence-electron chi connectivity index (χ0n) is 15.8. The first-order valence-electron chi connectivity index (χ1n) is 8.93. The molecule has 0 radical (unpaired) electrons. The van der Waals surface area contributed by atoms with E-state index in [9.17, 15) is 22.4 Å². The number of carbonyl (C=O) groups excluding carboxylic acids is 2. The molecule has 7 nitrogen and oxygen atoms in total. The molecule has 0 aromatic heterocycles. The van der Waals surface area contributed by atoms with Gasteiger partial charge in [-0.15, -0.1) is 0 Å². The number of rotatable bonds is 6. The van der Waals surface area contributed by atoms with Crippen molar-refractivity contribution in [3.8, 4) is 0 Å². The molecule has 2 aromatic rings. The summed E-state index contributed by atoms with van der Waals surface area (Å²) in [6.07, 6.45) is 0. The van der Waals surface area contributed by atoms with E-state index in [1.165, 1.54) is 0 Å². The third-order valence-electron chi connectivity index (χ3n) is 4.37. The summed E-state index contributed by atoms with van der Waals surface area (Å²) in [4.78, 5) is 24.7. The van der Waals surface area contributed by atoms with Crippen LogP contribution in [-0.4, -0.2) is 32.8 Å². The Balaban J connectivity index is 2.09. The molecule has 10 heteroatoms. The van der Waals surface area contributed by atoms with Crippen LogP contribution in [0.5, 0.6) is 0 Å². The van der Waals surface area contributed by atoms with Crippen LogP contribution in [0, 0.1) is 5.82 Å². The third kappa shape index (κ3) is 4.63. The molecule has 1 heterocycles. The fourth-order valence-corrected chi connectivity index (χ4v) is 4.61. The number of hydrogen-bond donors (Lipinski definition) is 2. The summed E-state index contributed by atoms with van der Waals surface area (Å²) in [5.74, 6) is -2.23. The Morgan fingerprint density at radius 1 is 1.20 bits per heavy atom. The van der Waals surface area contributed by atoms with Crippen LogP contribution in [0.25, 0.3) is 0 Å². The summed E-state index contributed by atoms with van der Waals surface area (Å²) >= 11 is 5.70. The van der Waals surface area contributed by atoms with Crippen molar-refractivity contribution in [3.05, 3.63) is 76.2 Å².